The van der Waals surface area contributed by atoms with Crippen LogP contribution in [0.1, 0.15) is 31.2 Å². The number of benzene rings is 1. The van der Waals surface area contributed by atoms with E-state index >= 15 is 0 Å². The predicted octanol–water partition coefficient (Wildman–Crippen LogP) is 2.16. The number of oxime groups is 1. The quantitative estimate of drug-likeness (QED) is 0.341. The smallest absolute Gasteiger partial charge is 0.228 e. The largest absolute Gasteiger partial charge is 0.409 e. The van der Waals surface area contributed by atoms with E-state index in [1.807, 2.05) is 6.07 Å². The minimum absolute atomic E-state index is 0.0428. The molecule has 5 heteroatoms. The molecule has 2 atom stereocenters. The molecule has 5 nitrogen and oxygen atoms in total. The van der Waals surface area contributed by atoms with Gasteiger partial charge in [0.2, 0.25) is 5.91 Å². The normalized spacial score (nSPS) is 28.6. The van der Waals surface area contributed by atoms with Crippen molar-refractivity contribution in [3.8, 4) is 0 Å². The highest BCUT2D eigenvalue weighted by atomic mass is 16.4. The van der Waals surface area contributed by atoms with Crippen LogP contribution in [0.2, 0.25) is 0 Å². The molecule has 3 rings (SSSR count). The fourth-order valence-electron chi connectivity index (χ4n) is 3.42. The highest BCUT2D eigenvalue weighted by Gasteiger charge is 2.54. The van der Waals surface area contributed by atoms with Gasteiger partial charge in [-0.25, -0.2) is 0 Å². The number of amidine groups is 1. The molecular formula is C15H19N3O2. The molecular weight excluding hydrogens is 254 g/mol. The first-order chi connectivity index (χ1) is 9.70. The molecule has 0 spiro atoms. The van der Waals surface area contributed by atoms with Crippen LogP contribution in [0.25, 0.3) is 0 Å². The third kappa shape index (κ3) is 2.35. The lowest BCUT2D eigenvalue weighted by Crippen LogP contribution is -2.17. The molecule has 20 heavy (non-hydrogen) atoms. The van der Waals surface area contributed by atoms with Crippen LogP contribution in [0.15, 0.2) is 29.4 Å². The summed E-state index contributed by atoms with van der Waals surface area (Å²) in [6.07, 6.45) is 4.88. The van der Waals surface area contributed by atoms with E-state index in [1.165, 1.54) is 25.7 Å². The minimum Gasteiger partial charge on any atom is -0.409 e. The minimum atomic E-state index is 0.0428. The van der Waals surface area contributed by atoms with Crippen molar-refractivity contribution in [3.63, 3.8) is 0 Å². The van der Waals surface area contributed by atoms with Crippen LogP contribution in [-0.4, -0.2) is 17.0 Å². The third-order valence-electron chi connectivity index (χ3n) is 4.49. The topological polar surface area (TPSA) is 87.7 Å². The fourth-order valence-corrected chi connectivity index (χ4v) is 3.42. The molecule has 0 aliphatic heterocycles. The van der Waals surface area contributed by atoms with E-state index in [2.05, 4.69) is 10.5 Å². The van der Waals surface area contributed by atoms with E-state index < -0.39 is 0 Å². The number of hydrogen-bond donors (Lipinski definition) is 3. The predicted molar refractivity (Wildman–Crippen MR) is 76.5 cm³/mol. The second kappa shape index (κ2) is 5.15. The van der Waals surface area contributed by atoms with Crippen molar-refractivity contribution >= 4 is 17.4 Å². The van der Waals surface area contributed by atoms with Gasteiger partial charge in [-0.3, -0.25) is 4.79 Å². The Morgan fingerprint density at radius 2 is 2.00 bits per heavy atom. The zero-order valence-electron chi connectivity index (χ0n) is 11.2. The second-order valence-electron chi connectivity index (χ2n) is 5.69. The number of hydrogen-bond acceptors (Lipinski definition) is 3. The fraction of sp³-hybridized carbons (Fsp3) is 0.467. The summed E-state index contributed by atoms with van der Waals surface area (Å²) >= 11 is 0. The van der Waals surface area contributed by atoms with Gasteiger partial charge in [0.05, 0.1) is 0 Å². The monoisotopic (exact) mass is 273 g/mol. The van der Waals surface area contributed by atoms with E-state index in [-0.39, 0.29) is 17.7 Å². The van der Waals surface area contributed by atoms with Crippen LogP contribution < -0.4 is 11.1 Å². The maximum absolute atomic E-state index is 12.3. The van der Waals surface area contributed by atoms with E-state index in [0.717, 1.165) is 0 Å². The van der Waals surface area contributed by atoms with Crippen molar-refractivity contribution in [2.45, 2.75) is 25.7 Å². The lowest BCUT2D eigenvalue weighted by Gasteiger charge is -2.06. The highest BCUT2D eigenvalue weighted by Crippen LogP contribution is 2.55. The molecule has 1 aromatic rings. The number of carbonyl (C=O) groups excluding carboxylic acids is 1. The van der Waals surface area contributed by atoms with Gasteiger partial charge in [-0.15, -0.1) is 0 Å². The molecule has 0 aromatic heterocycles. The molecule has 2 aliphatic carbocycles. The number of rotatable bonds is 3. The Labute approximate surface area is 117 Å². The van der Waals surface area contributed by atoms with E-state index in [9.17, 15) is 4.79 Å². The summed E-state index contributed by atoms with van der Waals surface area (Å²) in [6.45, 7) is 0. The van der Waals surface area contributed by atoms with Gasteiger partial charge in [0.25, 0.3) is 0 Å². The molecule has 0 heterocycles. The summed E-state index contributed by atoms with van der Waals surface area (Å²) in [6, 6.07) is 7.06. The number of carbonyl (C=O) groups is 1. The zero-order valence-corrected chi connectivity index (χ0v) is 11.2. The SMILES string of the molecule is N/C(=N/O)c1cccc(NC(=O)C2C3CCCCC32)c1. The van der Waals surface area contributed by atoms with Crippen molar-refractivity contribution in [1.29, 1.82) is 0 Å². The van der Waals surface area contributed by atoms with Crippen LogP contribution >= 0.6 is 0 Å². The second-order valence-corrected chi connectivity index (χ2v) is 5.69. The number of anilines is 1. The first-order valence-electron chi connectivity index (χ1n) is 7.09. The molecule has 0 radical (unpaired) electrons. The number of nitrogens with two attached hydrogens (primary N) is 1. The Bertz CT molecular complexity index is 544. The summed E-state index contributed by atoms with van der Waals surface area (Å²) in [5, 5.41) is 14.6. The van der Waals surface area contributed by atoms with Crippen LogP contribution in [0, 0.1) is 17.8 Å². The van der Waals surface area contributed by atoms with Gasteiger partial charge in [0.15, 0.2) is 5.84 Å². The van der Waals surface area contributed by atoms with Crippen molar-refractivity contribution < 1.29 is 10.0 Å². The Morgan fingerprint density at radius 1 is 1.30 bits per heavy atom. The molecule has 2 saturated carbocycles. The van der Waals surface area contributed by atoms with Crippen molar-refractivity contribution in [1.82, 2.24) is 0 Å². The van der Waals surface area contributed by atoms with Crippen LogP contribution in [0.4, 0.5) is 5.69 Å². The van der Waals surface area contributed by atoms with Crippen molar-refractivity contribution in [2.75, 3.05) is 5.32 Å². The molecule has 4 N–H and O–H groups in total. The Kier molecular flexibility index (Phi) is 3.34. The van der Waals surface area contributed by atoms with E-state index in [1.54, 1.807) is 18.2 Å². The molecule has 0 bridgehead atoms. The standard InChI is InChI=1S/C15H19N3O2/c16-14(18-20)9-4-3-5-10(8-9)17-15(19)13-11-6-1-2-7-12(11)13/h3-5,8,11-13,20H,1-2,6-7H2,(H2,16,18)(H,17,19). The van der Waals surface area contributed by atoms with Crippen LogP contribution in [0.5, 0.6) is 0 Å². The van der Waals surface area contributed by atoms with Gasteiger partial charge >= 0.3 is 0 Å². The number of fused-ring (bicyclic) bond motifs is 1. The average molecular weight is 273 g/mol. The lowest BCUT2D eigenvalue weighted by atomic mass is 10.0. The summed E-state index contributed by atoms with van der Waals surface area (Å²) in [7, 11) is 0. The van der Waals surface area contributed by atoms with E-state index in [4.69, 9.17) is 10.9 Å². The van der Waals surface area contributed by atoms with Gasteiger partial charge in [0.1, 0.15) is 0 Å². The summed E-state index contributed by atoms with van der Waals surface area (Å²) in [5.41, 5.74) is 6.84. The van der Waals surface area contributed by atoms with Gasteiger partial charge in [-0.1, -0.05) is 30.1 Å². The van der Waals surface area contributed by atoms with Gasteiger partial charge in [-0.05, 0) is 36.8 Å². The van der Waals surface area contributed by atoms with Crippen LogP contribution in [-0.2, 0) is 4.79 Å². The highest BCUT2D eigenvalue weighted by molar-refractivity contribution is 6.00. The number of nitrogens with zero attached hydrogens (tertiary/aromatic N) is 1. The maximum Gasteiger partial charge on any atom is 0.228 e. The Hall–Kier alpha value is -2.04. The Balaban J connectivity index is 1.67. The molecule has 2 fully saturated rings. The lowest BCUT2D eigenvalue weighted by molar-refractivity contribution is -0.117. The first-order valence-corrected chi connectivity index (χ1v) is 7.09. The van der Waals surface area contributed by atoms with Crippen molar-refractivity contribution in [3.05, 3.63) is 29.8 Å². The molecule has 0 saturated heterocycles. The Morgan fingerprint density at radius 3 is 2.65 bits per heavy atom. The molecule has 1 aromatic carbocycles. The van der Waals surface area contributed by atoms with E-state index in [0.29, 0.717) is 23.1 Å². The average Bonchev–Trinajstić information content (AvgIpc) is 3.21. The molecule has 2 unspecified atom stereocenters. The molecule has 1 amide bonds. The number of amides is 1. The summed E-state index contributed by atoms with van der Waals surface area (Å²) in [4.78, 5) is 12.3. The maximum atomic E-state index is 12.3. The van der Waals surface area contributed by atoms with Gasteiger partial charge in [0, 0.05) is 17.2 Å². The van der Waals surface area contributed by atoms with Crippen LogP contribution in [0.3, 0.4) is 0 Å². The van der Waals surface area contributed by atoms with Crippen molar-refractivity contribution in [2.24, 2.45) is 28.6 Å². The molecule has 2 aliphatic rings. The van der Waals surface area contributed by atoms with Gasteiger partial charge in [-0.2, -0.15) is 0 Å². The van der Waals surface area contributed by atoms with Gasteiger partial charge < -0.3 is 16.3 Å². The zero-order chi connectivity index (χ0) is 14.1. The summed E-state index contributed by atoms with van der Waals surface area (Å²) < 4.78 is 0. The first kappa shape index (κ1) is 13.0. The third-order valence-corrected chi connectivity index (χ3v) is 4.49. The number of nitrogens with one attached hydrogen (secondary N) is 1. The summed E-state index contributed by atoms with van der Waals surface area (Å²) in [5.74, 6) is 1.52. The molecule has 106 valence electrons.